The van der Waals surface area contributed by atoms with Gasteiger partial charge in [0.15, 0.2) is 0 Å². The van der Waals surface area contributed by atoms with Crippen molar-refractivity contribution in [2.24, 2.45) is 0 Å². The fourth-order valence-corrected chi connectivity index (χ4v) is 3.56. The van der Waals surface area contributed by atoms with Crippen LogP contribution in [0.15, 0.2) is 24.3 Å². The van der Waals surface area contributed by atoms with Crippen molar-refractivity contribution < 1.29 is 9.59 Å². The first-order valence-corrected chi connectivity index (χ1v) is 7.83. The van der Waals surface area contributed by atoms with Crippen molar-refractivity contribution in [1.82, 2.24) is 5.32 Å². The van der Waals surface area contributed by atoms with Crippen LogP contribution >= 0.6 is 11.6 Å². The van der Waals surface area contributed by atoms with Crippen molar-refractivity contribution in [1.29, 1.82) is 0 Å². The summed E-state index contributed by atoms with van der Waals surface area (Å²) in [5.41, 5.74) is -0.0238. The molecule has 2 amide bonds. The molecule has 1 aromatic rings. The molecule has 1 saturated heterocycles. The highest BCUT2D eigenvalue weighted by Crippen LogP contribution is 2.35. The van der Waals surface area contributed by atoms with Crippen molar-refractivity contribution in [3.63, 3.8) is 0 Å². The Morgan fingerprint density at radius 3 is 2.62 bits per heavy atom. The number of hydrogen-bond acceptors (Lipinski definition) is 2. The molecule has 2 fully saturated rings. The lowest BCUT2D eigenvalue weighted by Crippen LogP contribution is -2.70. The summed E-state index contributed by atoms with van der Waals surface area (Å²) in [7, 11) is 0. The Bertz CT molecular complexity index is 581. The first-order valence-electron chi connectivity index (χ1n) is 7.45. The third kappa shape index (κ3) is 2.42. The van der Waals surface area contributed by atoms with Crippen LogP contribution in [0, 0.1) is 0 Å². The minimum atomic E-state index is -0.718. The van der Waals surface area contributed by atoms with Gasteiger partial charge in [0.05, 0.1) is 0 Å². The lowest BCUT2D eigenvalue weighted by Gasteiger charge is -2.46. The molecule has 5 heteroatoms. The van der Waals surface area contributed by atoms with Gasteiger partial charge in [0.2, 0.25) is 5.91 Å². The smallest absolute Gasteiger partial charge is 0.253 e. The van der Waals surface area contributed by atoms with E-state index in [1.807, 2.05) is 6.07 Å². The number of amides is 2. The third-order valence-electron chi connectivity index (χ3n) is 4.55. The number of hydrogen-bond donors (Lipinski definition) is 1. The number of carbonyl (C=O) groups excluding carboxylic acids is 2. The summed E-state index contributed by atoms with van der Waals surface area (Å²) >= 11 is 6.03. The molecule has 112 valence electrons. The Balaban J connectivity index is 2.01. The average molecular weight is 307 g/mol. The van der Waals surface area contributed by atoms with E-state index in [9.17, 15) is 9.59 Å². The highest BCUT2D eigenvalue weighted by atomic mass is 35.5. The van der Waals surface area contributed by atoms with Crippen LogP contribution in [0.25, 0.3) is 0 Å². The number of piperazine rings is 1. The molecule has 1 aliphatic carbocycles. The summed E-state index contributed by atoms with van der Waals surface area (Å²) in [5.74, 6) is -0.0898. The monoisotopic (exact) mass is 306 g/mol. The zero-order chi connectivity index (χ0) is 15.0. The maximum Gasteiger partial charge on any atom is 0.253 e. The fraction of sp³-hybridized carbons (Fsp3) is 0.500. The van der Waals surface area contributed by atoms with Crippen molar-refractivity contribution >= 4 is 29.1 Å². The molecule has 1 aliphatic heterocycles. The molecule has 2 aliphatic rings. The van der Waals surface area contributed by atoms with E-state index in [4.69, 9.17) is 11.6 Å². The molecule has 1 N–H and O–H groups in total. The zero-order valence-corrected chi connectivity index (χ0v) is 12.8. The van der Waals surface area contributed by atoms with Crippen LogP contribution in [0.2, 0.25) is 5.02 Å². The third-order valence-corrected chi connectivity index (χ3v) is 4.79. The molecule has 1 spiro atoms. The minimum Gasteiger partial charge on any atom is -0.340 e. The highest BCUT2D eigenvalue weighted by Gasteiger charge is 2.50. The molecule has 1 aromatic carbocycles. The van der Waals surface area contributed by atoms with Crippen LogP contribution in [0.1, 0.15) is 39.0 Å². The van der Waals surface area contributed by atoms with Crippen LogP contribution in [0.5, 0.6) is 0 Å². The maximum absolute atomic E-state index is 13.0. The molecular weight excluding hydrogens is 288 g/mol. The van der Waals surface area contributed by atoms with Gasteiger partial charge in [0, 0.05) is 10.7 Å². The normalized spacial score (nSPS) is 25.0. The SMILES string of the molecule is CC1C(=O)NC2(CCCCC2)C(=O)N1c1cccc(Cl)c1. The van der Waals surface area contributed by atoms with E-state index in [1.54, 1.807) is 30.0 Å². The Labute approximate surface area is 129 Å². The Morgan fingerprint density at radius 2 is 1.95 bits per heavy atom. The number of nitrogens with zero attached hydrogens (tertiary/aromatic N) is 1. The molecule has 4 nitrogen and oxygen atoms in total. The largest absolute Gasteiger partial charge is 0.340 e. The fourth-order valence-electron chi connectivity index (χ4n) is 3.38. The second-order valence-corrected chi connectivity index (χ2v) is 6.40. The van der Waals surface area contributed by atoms with Crippen molar-refractivity contribution in [3.8, 4) is 0 Å². The Kier molecular flexibility index (Phi) is 3.66. The molecule has 1 atom stereocenters. The van der Waals surface area contributed by atoms with E-state index in [2.05, 4.69) is 5.32 Å². The lowest BCUT2D eigenvalue weighted by molar-refractivity contribution is -0.139. The van der Waals surface area contributed by atoms with E-state index in [1.165, 1.54) is 0 Å². The molecule has 1 saturated carbocycles. The second kappa shape index (κ2) is 5.34. The van der Waals surface area contributed by atoms with Crippen LogP contribution in [0.3, 0.4) is 0 Å². The van der Waals surface area contributed by atoms with Gasteiger partial charge in [0.1, 0.15) is 11.6 Å². The lowest BCUT2D eigenvalue weighted by atomic mass is 9.78. The van der Waals surface area contributed by atoms with Crippen molar-refractivity contribution in [2.75, 3.05) is 4.90 Å². The van der Waals surface area contributed by atoms with Gasteiger partial charge < -0.3 is 5.32 Å². The summed E-state index contributed by atoms with van der Waals surface area (Å²) in [4.78, 5) is 27.0. The summed E-state index contributed by atoms with van der Waals surface area (Å²) in [6.45, 7) is 1.75. The van der Waals surface area contributed by atoms with Gasteiger partial charge in [-0.25, -0.2) is 0 Å². The minimum absolute atomic E-state index is 0.00318. The first-order chi connectivity index (χ1) is 10.0. The number of anilines is 1. The Morgan fingerprint density at radius 1 is 1.24 bits per heavy atom. The van der Waals surface area contributed by atoms with Gasteiger partial charge >= 0.3 is 0 Å². The number of halogens is 1. The van der Waals surface area contributed by atoms with Gasteiger partial charge in [-0.15, -0.1) is 0 Å². The second-order valence-electron chi connectivity index (χ2n) is 5.96. The number of carbonyl (C=O) groups is 2. The van der Waals surface area contributed by atoms with Crippen molar-refractivity contribution in [2.45, 2.75) is 50.6 Å². The van der Waals surface area contributed by atoms with E-state index >= 15 is 0 Å². The number of rotatable bonds is 1. The number of benzene rings is 1. The topological polar surface area (TPSA) is 49.4 Å². The summed E-state index contributed by atoms with van der Waals surface area (Å²) in [5, 5.41) is 3.55. The van der Waals surface area contributed by atoms with Gasteiger partial charge in [-0.2, -0.15) is 0 Å². The first kappa shape index (κ1) is 14.4. The van der Waals surface area contributed by atoms with Crippen LogP contribution in [-0.4, -0.2) is 23.4 Å². The van der Waals surface area contributed by atoms with Crippen molar-refractivity contribution in [3.05, 3.63) is 29.3 Å². The van der Waals surface area contributed by atoms with E-state index in [0.717, 1.165) is 32.1 Å². The van der Waals surface area contributed by atoms with Gasteiger partial charge in [0.25, 0.3) is 5.91 Å². The van der Waals surface area contributed by atoms with E-state index in [0.29, 0.717) is 10.7 Å². The molecule has 0 aromatic heterocycles. The summed E-state index contributed by atoms with van der Waals surface area (Å²) in [6, 6.07) is 6.63. The zero-order valence-electron chi connectivity index (χ0n) is 12.1. The molecule has 21 heavy (non-hydrogen) atoms. The molecule has 0 bridgehead atoms. The highest BCUT2D eigenvalue weighted by molar-refractivity contribution is 6.31. The summed E-state index contributed by atoms with van der Waals surface area (Å²) in [6.07, 6.45) is 4.52. The molecule has 1 heterocycles. The van der Waals surface area contributed by atoms with Crippen LogP contribution in [-0.2, 0) is 9.59 Å². The van der Waals surface area contributed by atoms with Gasteiger partial charge in [-0.1, -0.05) is 36.9 Å². The molecule has 1 unspecified atom stereocenters. The van der Waals surface area contributed by atoms with Gasteiger partial charge in [-0.3, -0.25) is 14.5 Å². The quantitative estimate of drug-likeness (QED) is 0.867. The number of nitrogens with one attached hydrogen (secondary N) is 1. The van der Waals surface area contributed by atoms with Crippen LogP contribution in [0.4, 0.5) is 5.69 Å². The van der Waals surface area contributed by atoms with E-state index < -0.39 is 11.6 Å². The average Bonchev–Trinajstić information content (AvgIpc) is 2.47. The molecule has 3 rings (SSSR count). The standard InChI is InChI=1S/C16H19ClN2O2/c1-11-14(20)18-16(8-3-2-4-9-16)15(21)19(11)13-7-5-6-12(17)10-13/h5-7,10-11H,2-4,8-9H2,1H3,(H,18,20). The predicted molar refractivity (Wildman–Crippen MR) is 82.4 cm³/mol. The van der Waals surface area contributed by atoms with Gasteiger partial charge in [-0.05, 0) is 38.0 Å². The van der Waals surface area contributed by atoms with Crippen LogP contribution < -0.4 is 10.2 Å². The molecular formula is C16H19ClN2O2. The maximum atomic E-state index is 13.0. The Hall–Kier alpha value is -1.55. The predicted octanol–water partition coefficient (Wildman–Crippen LogP) is 2.89. The molecule has 0 radical (unpaired) electrons. The summed E-state index contributed by atoms with van der Waals surface area (Å²) < 4.78 is 0. The van der Waals surface area contributed by atoms with E-state index in [-0.39, 0.29) is 11.8 Å².